The molecule has 0 aliphatic carbocycles. The van der Waals surface area contributed by atoms with Crippen LogP contribution in [0.1, 0.15) is 12.5 Å². The molecule has 0 saturated carbocycles. The van der Waals surface area contributed by atoms with Crippen LogP contribution in [0.25, 0.3) is 0 Å². The minimum Gasteiger partial charge on any atom is -0.325 e. The number of carbonyl (C=O) groups is 1. The molecule has 1 rings (SSSR count). The Hall–Kier alpha value is -1.09. The minimum absolute atomic E-state index is 0.0608. The van der Waals surface area contributed by atoms with Crippen molar-refractivity contribution in [3.8, 4) is 0 Å². The number of aryl methyl sites for hydroxylation is 1. The van der Waals surface area contributed by atoms with Crippen LogP contribution in [-0.4, -0.2) is 16.8 Å². The third kappa shape index (κ3) is 2.70. The quantitative estimate of drug-likeness (QED) is 0.781. The first-order valence-corrected chi connectivity index (χ1v) is 4.96. The topological polar surface area (TPSA) is 42.0 Å². The Kier molecular flexibility index (Phi) is 3.89. The van der Waals surface area contributed by atoms with E-state index < -0.39 is 0 Å². The molecule has 0 radical (unpaired) electrons. The fraction of sp³-hybridized carbons (Fsp3) is 0.400. The highest BCUT2D eigenvalue weighted by molar-refractivity contribution is 6.19. The Morgan fingerprint density at radius 2 is 2.43 bits per heavy atom. The zero-order valence-corrected chi connectivity index (χ0v) is 9.01. The zero-order valence-electron chi connectivity index (χ0n) is 8.25. The molecule has 0 aliphatic rings. The molecule has 1 aromatic rings. The van der Waals surface area contributed by atoms with E-state index in [0.29, 0.717) is 5.88 Å². The van der Waals surface area contributed by atoms with Gasteiger partial charge in [-0.2, -0.15) is 0 Å². The second-order valence-electron chi connectivity index (χ2n) is 3.24. The molecule has 3 nitrogen and oxygen atoms in total. The van der Waals surface area contributed by atoms with Crippen LogP contribution in [-0.2, 0) is 4.79 Å². The summed E-state index contributed by atoms with van der Waals surface area (Å²) in [7, 11) is 0. The van der Waals surface area contributed by atoms with E-state index in [4.69, 9.17) is 11.6 Å². The van der Waals surface area contributed by atoms with E-state index in [0.717, 1.165) is 11.3 Å². The third-order valence-electron chi connectivity index (χ3n) is 1.96. The molecule has 0 aromatic carbocycles. The van der Waals surface area contributed by atoms with Crippen LogP contribution < -0.4 is 5.32 Å². The highest BCUT2D eigenvalue weighted by Crippen LogP contribution is 2.13. The first kappa shape index (κ1) is 11.0. The normalized spacial score (nSPS) is 12.2. The monoisotopic (exact) mass is 212 g/mol. The van der Waals surface area contributed by atoms with E-state index in [1.165, 1.54) is 0 Å². The number of rotatable bonds is 3. The predicted octanol–water partition coefficient (Wildman–Crippen LogP) is 2.20. The molecule has 1 aromatic heterocycles. The fourth-order valence-electron chi connectivity index (χ4n) is 0.940. The zero-order chi connectivity index (χ0) is 10.6. The summed E-state index contributed by atoms with van der Waals surface area (Å²) in [6.45, 7) is 3.69. The van der Waals surface area contributed by atoms with Crippen LogP contribution in [0.15, 0.2) is 18.5 Å². The molecule has 1 amide bonds. The number of aromatic nitrogens is 1. The summed E-state index contributed by atoms with van der Waals surface area (Å²) in [6.07, 6.45) is 3.36. The largest absolute Gasteiger partial charge is 0.325 e. The van der Waals surface area contributed by atoms with Gasteiger partial charge < -0.3 is 5.32 Å². The van der Waals surface area contributed by atoms with Gasteiger partial charge in [0, 0.05) is 29.9 Å². The fourth-order valence-corrected chi connectivity index (χ4v) is 1.08. The predicted molar refractivity (Wildman–Crippen MR) is 57.5 cm³/mol. The summed E-state index contributed by atoms with van der Waals surface area (Å²) in [5.74, 6) is 0.0919. The summed E-state index contributed by atoms with van der Waals surface area (Å²) in [5, 5.41) is 2.80. The number of alkyl halides is 1. The Balaban J connectivity index is 2.70. The maximum absolute atomic E-state index is 11.5. The second-order valence-corrected chi connectivity index (χ2v) is 3.54. The van der Waals surface area contributed by atoms with Crippen molar-refractivity contribution in [2.75, 3.05) is 11.2 Å². The first-order chi connectivity index (χ1) is 6.65. The van der Waals surface area contributed by atoms with Crippen LogP contribution >= 0.6 is 11.6 Å². The molecule has 0 aliphatic heterocycles. The van der Waals surface area contributed by atoms with Gasteiger partial charge in [0.2, 0.25) is 5.91 Å². The molecule has 0 spiro atoms. The van der Waals surface area contributed by atoms with Crippen molar-refractivity contribution in [1.29, 1.82) is 0 Å². The first-order valence-electron chi connectivity index (χ1n) is 4.42. The van der Waals surface area contributed by atoms with Crippen molar-refractivity contribution in [3.63, 3.8) is 0 Å². The van der Waals surface area contributed by atoms with Crippen LogP contribution in [0, 0.1) is 12.8 Å². The lowest BCUT2D eigenvalue weighted by Gasteiger charge is -2.10. The van der Waals surface area contributed by atoms with Crippen molar-refractivity contribution in [2.45, 2.75) is 13.8 Å². The SMILES string of the molecule is Cc1cnccc1NC(=O)C(C)CCl. The molecule has 0 bridgehead atoms. The van der Waals surface area contributed by atoms with Crippen molar-refractivity contribution in [1.82, 2.24) is 4.98 Å². The lowest BCUT2D eigenvalue weighted by atomic mass is 10.2. The number of halogens is 1. The van der Waals surface area contributed by atoms with Gasteiger partial charge >= 0.3 is 0 Å². The molecule has 76 valence electrons. The number of anilines is 1. The molecule has 1 atom stereocenters. The van der Waals surface area contributed by atoms with E-state index in [-0.39, 0.29) is 11.8 Å². The van der Waals surface area contributed by atoms with E-state index in [9.17, 15) is 4.79 Å². The number of carbonyl (C=O) groups excluding carboxylic acids is 1. The highest BCUT2D eigenvalue weighted by Gasteiger charge is 2.11. The van der Waals surface area contributed by atoms with Crippen LogP contribution in [0.2, 0.25) is 0 Å². The summed E-state index contributed by atoms with van der Waals surface area (Å²) in [4.78, 5) is 15.4. The Morgan fingerprint density at radius 1 is 1.71 bits per heavy atom. The molecule has 0 fully saturated rings. The maximum Gasteiger partial charge on any atom is 0.228 e. The standard InChI is InChI=1S/C10H13ClN2O/c1-7(5-11)10(14)13-9-3-4-12-6-8(9)2/h3-4,6-7H,5H2,1-2H3,(H,12,13,14). The van der Waals surface area contributed by atoms with E-state index >= 15 is 0 Å². The van der Waals surface area contributed by atoms with Crippen molar-refractivity contribution < 1.29 is 4.79 Å². The van der Waals surface area contributed by atoms with Gasteiger partial charge in [-0.3, -0.25) is 9.78 Å². The molecule has 4 heteroatoms. The van der Waals surface area contributed by atoms with Gasteiger partial charge in [0.05, 0.1) is 0 Å². The lowest BCUT2D eigenvalue weighted by Crippen LogP contribution is -2.21. The number of hydrogen-bond donors (Lipinski definition) is 1. The van der Waals surface area contributed by atoms with Crippen LogP contribution in [0.3, 0.4) is 0 Å². The smallest absolute Gasteiger partial charge is 0.228 e. The third-order valence-corrected chi connectivity index (χ3v) is 2.42. The average Bonchev–Trinajstić information content (AvgIpc) is 2.20. The van der Waals surface area contributed by atoms with Gasteiger partial charge in [0.25, 0.3) is 0 Å². The van der Waals surface area contributed by atoms with Gasteiger partial charge in [-0.15, -0.1) is 11.6 Å². The molecule has 1 heterocycles. The Morgan fingerprint density at radius 3 is 3.00 bits per heavy atom. The number of amides is 1. The molecule has 1 N–H and O–H groups in total. The Labute approximate surface area is 88.5 Å². The maximum atomic E-state index is 11.5. The number of pyridine rings is 1. The van der Waals surface area contributed by atoms with Gasteiger partial charge in [-0.25, -0.2) is 0 Å². The highest BCUT2D eigenvalue weighted by atomic mass is 35.5. The van der Waals surface area contributed by atoms with Crippen LogP contribution in [0.4, 0.5) is 5.69 Å². The molecule has 14 heavy (non-hydrogen) atoms. The molecular formula is C10H13ClN2O. The average molecular weight is 213 g/mol. The van der Waals surface area contributed by atoms with Crippen molar-refractivity contribution in [3.05, 3.63) is 24.0 Å². The summed E-state index contributed by atoms with van der Waals surface area (Å²) >= 11 is 5.58. The van der Waals surface area contributed by atoms with Crippen molar-refractivity contribution in [2.24, 2.45) is 5.92 Å². The number of nitrogens with one attached hydrogen (secondary N) is 1. The minimum atomic E-state index is -0.177. The van der Waals surface area contributed by atoms with Gasteiger partial charge in [-0.05, 0) is 18.6 Å². The number of hydrogen-bond acceptors (Lipinski definition) is 2. The molecule has 1 unspecified atom stereocenters. The van der Waals surface area contributed by atoms with Gasteiger partial charge in [0.15, 0.2) is 0 Å². The molecular weight excluding hydrogens is 200 g/mol. The second kappa shape index (κ2) is 4.96. The summed E-state index contributed by atoms with van der Waals surface area (Å²) in [6, 6.07) is 1.77. The van der Waals surface area contributed by atoms with Gasteiger partial charge in [-0.1, -0.05) is 6.92 Å². The summed E-state index contributed by atoms with van der Waals surface area (Å²) in [5.41, 5.74) is 1.74. The summed E-state index contributed by atoms with van der Waals surface area (Å²) < 4.78 is 0. The Bertz CT molecular complexity index is 328. The van der Waals surface area contributed by atoms with Crippen LogP contribution in [0.5, 0.6) is 0 Å². The number of nitrogens with zero attached hydrogens (tertiary/aromatic N) is 1. The van der Waals surface area contributed by atoms with E-state index in [1.54, 1.807) is 25.4 Å². The molecule has 0 saturated heterocycles. The lowest BCUT2D eigenvalue weighted by molar-refractivity contribution is -0.118. The van der Waals surface area contributed by atoms with Gasteiger partial charge in [0.1, 0.15) is 0 Å². The van der Waals surface area contributed by atoms with E-state index in [2.05, 4.69) is 10.3 Å². The van der Waals surface area contributed by atoms with Crippen molar-refractivity contribution >= 4 is 23.2 Å². The van der Waals surface area contributed by atoms with E-state index in [1.807, 2.05) is 6.92 Å².